The van der Waals surface area contributed by atoms with E-state index in [-0.39, 0.29) is 0 Å². The van der Waals surface area contributed by atoms with Gasteiger partial charge in [0, 0.05) is 29.1 Å². The van der Waals surface area contributed by atoms with Crippen molar-refractivity contribution in [3.63, 3.8) is 0 Å². The molecule has 2 fully saturated rings. The first-order chi connectivity index (χ1) is 10.3. The molecule has 2 saturated heterocycles. The summed E-state index contributed by atoms with van der Waals surface area (Å²) in [5.74, 6) is 0. The van der Waals surface area contributed by atoms with Gasteiger partial charge < -0.3 is 5.32 Å². The molecule has 3 rings (SSSR count). The van der Waals surface area contributed by atoms with Gasteiger partial charge in [-0.1, -0.05) is 41.4 Å². The molecule has 0 spiro atoms. The zero-order chi connectivity index (χ0) is 14.7. The van der Waals surface area contributed by atoms with Crippen molar-refractivity contribution in [2.24, 2.45) is 0 Å². The second kappa shape index (κ2) is 7.26. The topological polar surface area (TPSA) is 15.3 Å². The molecule has 21 heavy (non-hydrogen) atoms. The van der Waals surface area contributed by atoms with Gasteiger partial charge in [-0.15, -0.1) is 0 Å². The van der Waals surface area contributed by atoms with Crippen LogP contribution < -0.4 is 5.32 Å². The molecule has 1 N–H and O–H groups in total. The van der Waals surface area contributed by atoms with E-state index in [1.165, 1.54) is 55.1 Å². The number of hydrogen-bond donors (Lipinski definition) is 1. The van der Waals surface area contributed by atoms with Gasteiger partial charge in [0.2, 0.25) is 0 Å². The summed E-state index contributed by atoms with van der Waals surface area (Å²) in [7, 11) is 0. The lowest BCUT2D eigenvalue weighted by atomic mass is 9.81. The second-order valence-electron chi connectivity index (χ2n) is 6.66. The van der Waals surface area contributed by atoms with Crippen molar-refractivity contribution in [1.29, 1.82) is 0 Å². The van der Waals surface area contributed by atoms with Crippen LogP contribution in [-0.4, -0.2) is 29.6 Å². The molecule has 1 aromatic carbocycles. The Morgan fingerprint density at radius 1 is 1.24 bits per heavy atom. The predicted molar refractivity (Wildman–Crippen MR) is 92.4 cm³/mol. The van der Waals surface area contributed by atoms with Crippen LogP contribution in [-0.2, 0) is 6.54 Å². The summed E-state index contributed by atoms with van der Waals surface area (Å²) in [6, 6.07) is 11.1. The maximum Gasteiger partial charge on any atom is 0.0240 e. The molecule has 0 aliphatic carbocycles. The van der Waals surface area contributed by atoms with Gasteiger partial charge in [0.15, 0.2) is 0 Å². The molecule has 116 valence electrons. The molecule has 2 aliphatic rings. The first-order valence-corrected chi connectivity index (χ1v) is 9.29. The third-order valence-electron chi connectivity index (χ3n) is 5.06. The minimum Gasteiger partial charge on any atom is -0.314 e. The largest absolute Gasteiger partial charge is 0.314 e. The zero-order valence-electron chi connectivity index (χ0n) is 13.0. The Morgan fingerprint density at radius 3 is 2.67 bits per heavy atom. The fraction of sp³-hybridized carbons (Fsp3) is 0.667. The molecule has 2 aliphatic heterocycles. The van der Waals surface area contributed by atoms with Crippen LogP contribution in [0.5, 0.6) is 0 Å². The van der Waals surface area contributed by atoms with E-state index in [9.17, 15) is 0 Å². The van der Waals surface area contributed by atoms with Crippen LogP contribution in [0.15, 0.2) is 28.7 Å². The van der Waals surface area contributed by atoms with Crippen molar-refractivity contribution >= 4 is 15.9 Å². The van der Waals surface area contributed by atoms with Crippen LogP contribution in [0.4, 0.5) is 0 Å². The average molecular weight is 351 g/mol. The maximum absolute atomic E-state index is 3.76. The monoisotopic (exact) mass is 350 g/mol. The Bertz CT molecular complexity index is 448. The molecule has 2 unspecified atom stereocenters. The molecule has 3 heteroatoms. The van der Waals surface area contributed by atoms with E-state index in [1.807, 2.05) is 0 Å². The standard InChI is InChI=1S/C18H27BrN2/c1-2-9-20-16-11-17-7-4-8-18(12-16)21(17)13-14-5-3-6-15(19)10-14/h3,5-6,10,16-18,20H,2,4,7-9,11-13H2,1H3. The summed E-state index contributed by atoms with van der Waals surface area (Å²) in [5.41, 5.74) is 1.45. The van der Waals surface area contributed by atoms with Crippen LogP contribution in [0.2, 0.25) is 0 Å². The minimum atomic E-state index is 0.749. The van der Waals surface area contributed by atoms with Crippen molar-refractivity contribution in [3.05, 3.63) is 34.3 Å². The maximum atomic E-state index is 3.76. The SMILES string of the molecule is CCCNC1CC2CCCC(C1)N2Cc1cccc(Br)c1. The van der Waals surface area contributed by atoms with E-state index >= 15 is 0 Å². The highest BCUT2D eigenvalue weighted by molar-refractivity contribution is 9.10. The molecular weight excluding hydrogens is 324 g/mol. The van der Waals surface area contributed by atoms with Crippen molar-refractivity contribution < 1.29 is 0 Å². The Balaban J connectivity index is 1.66. The number of halogens is 1. The fourth-order valence-corrected chi connectivity index (χ4v) is 4.54. The summed E-state index contributed by atoms with van der Waals surface area (Å²) in [4.78, 5) is 2.79. The number of piperidine rings is 2. The van der Waals surface area contributed by atoms with Gasteiger partial charge in [-0.2, -0.15) is 0 Å². The van der Waals surface area contributed by atoms with Gasteiger partial charge >= 0.3 is 0 Å². The van der Waals surface area contributed by atoms with E-state index < -0.39 is 0 Å². The summed E-state index contributed by atoms with van der Waals surface area (Å²) >= 11 is 3.60. The van der Waals surface area contributed by atoms with Crippen molar-refractivity contribution in [2.75, 3.05) is 6.54 Å². The third-order valence-corrected chi connectivity index (χ3v) is 5.56. The number of fused-ring (bicyclic) bond motifs is 2. The Kier molecular flexibility index (Phi) is 5.36. The van der Waals surface area contributed by atoms with Gasteiger partial charge in [-0.3, -0.25) is 4.90 Å². The first-order valence-electron chi connectivity index (χ1n) is 8.50. The molecule has 1 aromatic rings. The van der Waals surface area contributed by atoms with E-state index in [4.69, 9.17) is 0 Å². The van der Waals surface area contributed by atoms with Gasteiger partial charge in [-0.05, 0) is 56.3 Å². The summed E-state index contributed by atoms with van der Waals surface area (Å²) in [5, 5.41) is 3.76. The molecule has 2 heterocycles. The molecule has 2 bridgehead atoms. The highest BCUT2D eigenvalue weighted by Gasteiger charge is 2.37. The van der Waals surface area contributed by atoms with Crippen LogP contribution >= 0.6 is 15.9 Å². The number of rotatable bonds is 5. The van der Waals surface area contributed by atoms with Gasteiger partial charge in [-0.25, -0.2) is 0 Å². The highest BCUT2D eigenvalue weighted by atomic mass is 79.9. The predicted octanol–water partition coefficient (Wildman–Crippen LogP) is 4.33. The Morgan fingerprint density at radius 2 is 2.00 bits per heavy atom. The smallest absolute Gasteiger partial charge is 0.0240 e. The summed E-state index contributed by atoms with van der Waals surface area (Å²) in [6.07, 6.45) is 8.11. The van der Waals surface area contributed by atoms with Crippen LogP contribution in [0.3, 0.4) is 0 Å². The van der Waals surface area contributed by atoms with Crippen molar-refractivity contribution in [1.82, 2.24) is 10.2 Å². The quantitative estimate of drug-likeness (QED) is 0.849. The van der Waals surface area contributed by atoms with Gasteiger partial charge in [0.25, 0.3) is 0 Å². The molecule has 0 saturated carbocycles. The van der Waals surface area contributed by atoms with E-state index in [0.29, 0.717) is 0 Å². The molecular formula is C18H27BrN2. The number of nitrogens with zero attached hydrogens (tertiary/aromatic N) is 1. The second-order valence-corrected chi connectivity index (χ2v) is 7.58. The molecule has 2 nitrogen and oxygen atoms in total. The van der Waals surface area contributed by atoms with Crippen LogP contribution in [0.25, 0.3) is 0 Å². The molecule has 2 atom stereocenters. The number of hydrogen-bond acceptors (Lipinski definition) is 2. The number of benzene rings is 1. The Labute approximate surface area is 137 Å². The van der Waals surface area contributed by atoms with Gasteiger partial charge in [0.05, 0.1) is 0 Å². The molecule has 0 aromatic heterocycles. The van der Waals surface area contributed by atoms with Crippen LogP contribution in [0.1, 0.15) is 51.0 Å². The van der Waals surface area contributed by atoms with E-state index in [1.54, 1.807) is 0 Å². The lowest BCUT2D eigenvalue weighted by Gasteiger charge is -2.49. The van der Waals surface area contributed by atoms with Crippen molar-refractivity contribution in [3.8, 4) is 0 Å². The summed E-state index contributed by atoms with van der Waals surface area (Å²) < 4.78 is 1.20. The van der Waals surface area contributed by atoms with E-state index in [2.05, 4.69) is 57.3 Å². The zero-order valence-corrected chi connectivity index (χ0v) is 14.6. The highest BCUT2D eigenvalue weighted by Crippen LogP contribution is 2.35. The lowest BCUT2D eigenvalue weighted by molar-refractivity contribution is 0.0177. The third kappa shape index (κ3) is 3.88. The lowest BCUT2D eigenvalue weighted by Crippen LogP contribution is -2.55. The number of nitrogens with one attached hydrogen (secondary N) is 1. The first kappa shape index (κ1) is 15.5. The normalized spacial score (nSPS) is 29.5. The molecule has 0 radical (unpaired) electrons. The summed E-state index contributed by atoms with van der Waals surface area (Å²) in [6.45, 7) is 4.56. The van der Waals surface area contributed by atoms with Gasteiger partial charge in [0.1, 0.15) is 0 Å². The van der Waals surface area contributed by atoms with Crippen molar-refractivity contribution in [2.45, 2.75) is 70.1 Å². The minimum absolute atomic E-state index is 0.749. The molecule has 0 amide bonds. The fourth-order valence-electron chi connectivity index (χ4n) is 4.10. The average Bonchev–Trinajstić information content (AvgIpc) is 2.45. The Hall–Kier alpha value is -0.380. The van der Waals surface area contributed by atoms with Crippen LogP contribution in [0, 0.1) is 0 Å². The van der Waals surface area contributed by atoms with E-state index in [0.717, 1.165) is 24.7 Å².